The van der Waals surface area contributed by atoms with Crippen LogP contribution in [-0.4, -0.2) is 30.5 Å². The first-order chi connectivity index (χ1) is 11.7. The fraction of sp³-hybridized carbons (Fsp3) is 0.167. The van der Waals surface area contributed by atoms with Gasteiger partial charge in [-0.15, -0.1) is 0 Å². The standard InChI is InChI=1S/C18H17N3O3S/c1-11-5-14-6-12(7-15-9-13(18(19)22)3-4-20-15)8-16(25(2,23)24)17(14)21-10-11/h3-6,8-10H,7H2,1-2H3,(H2,19,22). The number of hydrogen-bond acceptors (Lipinski definition) is 5. The van der Waals surface area contributed by atoms with Crippen LogP contribution in [0.5, 0.6) is 0 Å². The predicted octanol–water partition coefficient (Wildman–Crippen LogP) is 2.03. The van der Waals surface area contributed by atoms with Gasteiger partial charge in [-0.3, -0.25) is 14.8 Å². The molecule has 0 aliphatic rings. The van der Waals surface area contributed by atoms with Crippen molar-refractivity contribution < 1.29 is 13.2 Å². The van der Waals surface area contributed by atoms with E-state index in [-0.39, 0.29) is 4.90 Å². The zero-order chi connectivity index (χ0) is 18.2. The molecule has 0 fully saturated rings. The molecule has 2 heterocycles. The van der Waals surface area contributed by atoms with Crippen LogP contribution in [0.2, 0.25) is 0 Å². The van der Waals surface area contributed by atoms with Gasteiger partial charge in [-0.25, -0.2) is 8.42 Å². The maximum Gasteiger partial charge on any atom is 0.248 e. The summed E-state index contributed by atoms with van der Waals surface area (Å²) in [6.07, 6.45) is 4.71. The van der Waals surface area contributed by atoms with Gasteiger partial charge in [0, 0.05) is 41.7 Å². The van der Waals surface area contributed by atoms with E-state index in [9.17, 15) is 13.2 Å². The monoisotopic (exact) mass is 355 g/mol. The highest BCUT2D eigenvalue weighted by atomic mass is 32.2. The second kappa shape index (κ2) is 6.25. The van der Waals surface area contributed by atoms with Gasteiger partial charge in [-0.2, -0.15) is 0 Å². The lowest BCUT2D eigenvalue weighted by atomic mass is 10.0. The van der Waals surface area contributed by atoms with Crippen LogP contribution in [0, 0.1) is 6.92 Å². The van der Waals surface area contributed by atoms with Gasteiger partial charge in [-0.05, 0) is 48.4 Å². The average Bonchev–Trinajstić information content (AvgIpc) is 2.53. The van der Waals surface area contributed by atoms with Crippen molar-refractivity contribution in [2.75, 3.05) is 6.26 Å². The lowest BCUT2D eigenvalue weighted by Gasteiger charge is -2.09. The lowest BCUT2D eigenvalue weighted by molar-refractivity contribution is 0.1000. The highest BCUT2D eigenvalue weighted by Gasteiger charge is 2.15. The molecule has 7 heteroatoms. The van der Waals surface area contributed by atoms with Crippen LogP contribution in [0.3, 0.4) is 0 Å². The van der Waals surface area contributed by atoms with Crippen molar-refractivity contribution >= 4 is 26.6 Å². The number of hydrogen-bond donors (Lipinski definition) is 1. The number of benzene rings is 1. The smallest absolute Gasteiger partial charge is 0.248 e. The van der Waals surface area contributed by atoms with Gasteiger partial charge >= 0.3 is 0 Å². The molecule has 0 radical (unpaired) electrons. The Hall–Kier alpha value is -2.80. The topological polar surface area (TPSA) is 103 Å². The van der Waals surface area contributed by atoms with Crippen molar-refractivity contribution in [2.24, 2.45) is 5.73 Å². The van der Waals surface area contributed by atoms with E-state index in [1.165, 1.54) is 12.5 Å². The van der Waals surface area contributed by atoms with E-state index in [2.05, 4.69) is 9.97 Å². The fourth-order valence-corrected chi connectivity index (χ4v) is 3.60. The Kier molecular flexibility index (Phi) is 4.26. The second-order valence-electron chi connectivity index (χ2n) is 6.03. The van der Waals surface area contributed by atoms with Crippen LogP contribution in [0.4, 0.5) is 0 Å². The van der Waals surface area contributed by atoms with Gasteiger partial charge in [0.2, 0.25) is 5.91 Å². The highest BCUT2D eigenvalue weighted by molar-refractivity contribution is 7.91. The molecular weight excluding hydrogens is 338 g/mol. The fourth-order valence-electron chi connectivity index (χ4n) is 2.71. The number of carbonyl (C=O) groups excluding carboxylic acids is 1. The summed E-state index contributed by atoms with van der Waals surface area (Å²) in [5.74, 6) is -0.529. The third-order valence-electron chi connectivity index (χ3n) is 3.83. The maximum absolute atomic E-state index is 12.2. The molecule has 128 valence electrons. The van der Waals surface area contributed by atoms with Crippen LogP contribution < -0.4 is 5.73 Å². The summed E-state index contributed by atoms with van der Waals surface area (Å²) in [5, 5.41) is 0.754. The van der Waals surface area contributed by atoms with Gasteiger partial charge in [0.05, 0.1) is 10.4 Å². The summed E-state index contributed by atoms with van der Waals surface area (Å²) in [6.45, 7) is 1.90. The first kappa shape index (κ1) is 17.0. The lowest BCUT2D eigenvalue weighted by Crippen LogP contribution is -2.11. The van der Waals surface area contributed by atoms with E-state index in [0.29, 0.717) is 23.2 Å². The quantitative estimate of drug-likeness (QED) is 0.771. The summed E-state index contributed by atoms with van der Waals surface area (Å²) < 4.78 is 24.3. The minimum absolute atomic E-state index is 0.186. The number of nitrogens with zero attached hydrogens (tertiary/aromatic N) is 2. The zero-order valence-corrected chi connectivity index (χ0v) is 14.7. The summed E-state index contributed by atoms with van der Waals surface area (Å²) in [5.41, 5.74) is 8.47. The Labute approximate surface area is 145 Å². The normalized spacial score (nSPS) is 11.6. The Morgan fingerprint density at radius 1 is 1.16 bits per heavy atom. The molecule has 1 amide bonds. The molecule has 0 aliphatic heterocycles. The number of amides is 1. The number of aryl methyl sites for hydroxylation is 1. The summed E-state index contributed by atoms with van der Waals surface area (Å²) in [7, 11) is -3.44. The van der Waals surface area contributed by atoms with Crippen LogP contribution in [0.15, 0.2) is 47.6 Å². The Morgan fingerprint density at radius 3 is 2.60 bits per heavy atom. The van der Waals surface area contributed by atoms with Gasteiger partial charge in [-0.1, -0.05) is 0 Å². The molecule has 3 rings (SSSR count). The third-order valence-corrected chi connectivity index (χ3v) is 4.94. The van der Waals surface area contributed by atoms with E-state index in [4.69, 9.17) is 5.73 Å². The van der Waals surface area contributed by atoms with E-state index >= 15 is 0 Å². The number of nitrogens with two attached hydrogens (primary N) is 1. The number of carbonyl (C=O) groups is 1. The Bertz CT molecular complexity index is 1090. The average molecular weight is 355 g/mol. The van der Waals surface area contributed by atoms with Crippen molar-refractivity contribution in [3.63, 3.8) is 0 Å². The molecule has 3 aromatic rings. The maximum atomic E-state index is 12.2. The highest BCUT2D eigenvalue weighted by Crippen LogP contribution is 2.25. The molecule has 1 aromatic carbocycles. The first-order valence-corrected chi connectivity index (χ1v) is 9.47. The molecule has 6 nitrogen and oxygen atoms in total. The van der Waals surface area contributed by atoms with Crippen LogP contribution >= 0.6 is 0 Å². The van der Waals surface area contributed by atoms with E-state index in [1.807, 2.05) is 19.1 Å². The zero-order valence-electron chi connectivity index (χ0n) is 13.9. The molecule has 0 saturated carbocycles. The molecule has 2 aromatic heterocycles. The summed E-state index contributed by atoms with van der Waals surface area (Å²) in [4.78, 5) is 20.0. The molecule has 2 N–H and O–H groups in total. The van der Waals surface area contributed by atoms with Gasteiger partial charge in [0.15, 0.2) is 9.84 Å². The molecule has 0 saturated heterocycles. The minimum atomic E-state index is -3.44. The first-order valence-electron chi connectivity index (χ1n) is 7.58. The Balaban J connectivity index is 2.14. The van der Waals surface area contributed by atoms with Gasteiger partial charge < -0.3 is 5.73 Å². The minimum Gasteiger partial charge on any atom is -0.366 e. The Morgan fingerprint density at radius 2 is 1.92 bits per heavy atom. The summed E-state index contributed by atoms with van der Waals surface area (Å²) in [6, 6.07) is 8.55. The van der Waals surface area contributed by atoms with Crippen molar-refractivity contribution in [1.82, 2.24) is 9.97 Å². The molecular formula is C18H17N3O3S. The van der Waals surface area contributed by atoms with Gasteiger partial charge in [0.25, 0.3) is 0 Å². The van der Waals surface area contributed by atoms with Gasteiger partial charge in [0.1, 0.15) is 0 Å². The SMILES string of the molecule is Cc1cnc2c(S(C)(=O)=O)cc(Cc3cc(C(N)=O)ccn3)cc2c1. The predicted molar refractivity (Wildman–Crippen MR) is 95.2 cm³/mol. The number of rotatable bonds is 4. The van der Waals surface area contributed by atoms with E-state index in [1.54, 1.807) is 24.4 Å². The van der Waals surface area contributed by atoms with Crippen LogP contribution in [0.1, 0.15) is 27.2 Å². The third kappa shape index (κ3) is 3.66. The number of sulfone groups is 1. The van der Waals surface area contributed by atoms with E-state index < -0.39 is 15.7 Å². The summed E-state index contributed by atoms with van der Waals surface area (Å²) >= 11 is 0. The number of aromatic nitrogens is 2. The molecule has 0 atom stereocenters. The molecule has 0 unspecified atom stereocenters. The number of fused-ring (bicyclic) bond motifs is 1. The van der Waals surface area contributed by atoms with Crippen LogP contribution in [-0.2, 0) is 16.3 Å². The second-order valence-corrected chi connectivity index (χ2v) is 8.01. The van der Waals surface area contributed by atoms with Crippen molar-refractivity contribution in [3.8, 4) is 0 Å². The molecule has 0 spiro atoms. The van der Waals surface area contributed by atoms with Crippen LogP contribution in [0.25, 0.3) is 10.9 Å². The molecule has 0 aliphatic carbocycles. The molecule has 25 heavy (non-hydrogen) atoms. The van der Waals surface area contributed by atoms with Crippen molar-refractivity contribution in [2.45, 2.75) is 18.2 Å². The van der Waals surface area contributed by atoms with Crippen molar-refractivity contribution in [1.29, 1.82) is 0 Å². The van der Waals surface area contributed by atoms with Crippen molar-refractivity contribution in [3.05, 3.63) is 65.1 Å². The molecule has 0 bridgehead atoms. The van der Waals surface area contributed by atoms with E-state index in [0.717, 1.165) is 16.5 Å². The largest absolute Gasteiger partial charge is 0.366 e. The number of primary amides is 1. The number of pyridine rings is 2.